The Hall–Kier alpha value is -2.44. The summed E-state index contributed by atoms with van der Waals surface area (Å²) in [5, 5.41) is 4.17. The molecule has 1 atom stereocenters. The third-order valence-electron chi connectivity index (χ3n) is 4.81. The summed E-state index contributed by atoms with van der Waals surface area (Å²) in [5.74, 6) is 0.949. The van der Waals surface area contributed by atoms with Crippen molar-refractivity contribution in [2.45, 2.75) is 19.8 Å². The van der Waals surface area contributed by atoms with E-state index in [2.05, 4.69) is 20.0 Å². The molecule has 2 fully saturated rings. The number of hydrogen-bond acceptors (Lipinski definition) is 5. The first-order valence-corrected chi connectivity index (χ1v) is 7.87. The average molecular weight is 312 g/mol. The second kappa shape index (κ2) is 5.04. The maximum atomic E-state index is 12.5. The Kier molecular flexibility index (Phi) is 3.11. The molecule has 0 bridgehead atoms. The molecule has 1 amide bonds. The molecule has 7 nitrogen and oxygen atoms in total. The Morgan fingerprint density at radius 2 is 1.96 bits per heavy atom. The van der Waals surface area contributed by atoms with E-state index in [1.54, 1.807) is 10.9 Å². The van der Waals surface area contributed by atoms with Crippen LogP contribution >= 0.6 is 0 Å². The molecular formula is C16H20N6O. The Morgan fingerprint density at radius 1 is 1.17 bits per heavy atom. The average Bonchev–Trinajstić information content (AvgIpc) is 3.20. The van der Waals surface area contributed by atoms with Crippen LogP contribution in [0, 0.1) is 12.3 Å². The van der Waals surface area contributed by atoms with E-state index in [-0.39, 0.29) is 11.3 Å². The number of amides is 1. The van der Waals surface area contributed by atoms with Crippen LogP contribution in [0.5, 0.6) is 0 Å². The number of nitrogens with zero attached hydrogens (tertiary/aromatic N) is 6. The Labute approximate surface area is 134 Å². The minimum atomic E-state index is 0.00116. The van der Waals surface area contributed by atoms with Crippen molar-refractivity contribution in [2.75, 3.05) is 29.4 Å². The molecule has 2 aliphatic rings. The van der Waals surface area contributed by atoms with E-state index in [9.17, 15) is 4.79 Å². The van der Waals surface area contributed by atoms with Crippen LogP contribution in [0.2, 0.25) is 0 Å². The van der Waals surface area contributed by atoms with E-state index in [4.69, 9.17) is 0 Å². The fourth-order valence-electron chi connectivity index (χ4n) is 3.61. The third kappa shape index (κ3) is 2.46. The van der Waals surface area contributed by atoms with Gasteiger partial charge >= 0.3 is 0 Å². The zero-order valence-electron chi connectivity index (χ0n) is 13.4. The first-order chi connectivity index (χ1) is 11.0. The van der Waals surface area contributed by atoms with Gasteiger partial charge in [0.2, 0.25) is 11.9 Å². The fraction of sp³-hybridized carbons (Fsp3) is 0.500. The summed E-state index contributed by atoms with van der Waals surface area (Å²) in [6.45, 7) is 4.46. The van der Waals surface area contributed by atoms with Crippen molar-refractivity contribution in [2.24, 2.45) is 12.5 Å². The predicted octanol–water partition coefficient (Wildman–Crippen LogP) is 1.15. The summed E-state index contributed by atoms with van der Waals surface area (Å²) in [6, 6.07) is 0. The number of hydrogen-bond donors (Lipinski definition) is 0. The standard InChI is InChI=1S/C16H20N6O/c1-12-6-17-15(18-7-12)21-4-3-16(10-21)5-14(23)22(11-16)13-8-19-20(2)9-13/h6-9H,3-5,10-11H2,1-2H3. The van der Waals surface area contributed by atoms with Gasteiger partial charge in [-0.25, -0.2) is 9.97 Å². The Balaban J connectivity index is 1.52. The molecule has 2 aliphatic heterocycles. The SMILES string of the molecule is Cc1cnc(N2CCC3(CC(=O)N(c4cnn(C)c4)C3)C2)nc1. The van der Waals surface area contributed by atoms with Gasteiger partial charge in [-0.1, -0.05) is 0 Å². The van der Waals surface area contributed by atoms with Crippen molar-refractivity contribution in [3.63, 3.8) is 0 Å². The maximum Gasteiger partial charge on any atom is 0.227 e. The molecule has 0 saturated carbocycles. The van der Waals surface area contributed by atoms with Gasteiger partial charge in [-0.15, -0.1) is 0 Å². The van der Waals surface area contributed by atoms with Gasteiger partial charge in [0, 0.05) is 57.1 Å². The summed E-state index contributed by atoms with van der Waals surface area (Å²) in [6.07, 6.45) is 8.92. The van der Waals surface area contributed by atoms with Crippen LogP contribution in [0.3, 0.4) is 0 Å². The van der Waals surface area contributed by atoms with Gasteiger partial charge in [-0.2, -0.15) is 5.10 Å². The van der Waals surface area contributed by atoms with E-state index in [0.29, 0.717) is 6.42 Å². The molecule has 1 unspecified atom stereocenters. The summed E-state index contributed by atoms with van der Waals surface area (Å²) >= 11 is 0. The van der Waals surface area contributed by atoms with E-state index >= 15 is 0 Å². The van der Waals surface area contributed by atoms with Gasteiger partial charge in [-0.3, -0.25) is 9.48 Å². The van der Waals surface area contributed by atoms with Gasteiger partial charge in [0.25, 0.3) is 0 Å². The van der Waals surface area contributed by atoms with Crippen LogP contribution in [0.25, 0.3) is 0 Å². The van der Waals surface area contributed by atoms with Gasteiger partial charge in [0.05, 0.1) is 11.9 Å². The summed E-state index contributed by atoms with van der Waals surface area (Å²) in [5.41, 5.74) is 1.95. The molecule has 2 aromatic heterocycles. The molecule has 1 spiro atoms. The van der Waals surface area contributed by atoms with Crippen molar-refractivity contribution in [3.05, 3.63) is 30.4 Å². The number of aryl methyl sites for hydroxylation is 2. The number of rotatable bonds is 2. The lowest BCUT2D eigenvalue weighted by atomic mass is 9.86. The van der Waals surface area contributed by atoms with Crippen molar-refractivity contribution in [1.82, 2.24) is 19.7 Å². The number of aromatic nitrogens is 4. The molecule has 0 aliphatic carbocycles. The first kappa shape index (κ1) is 14.2. The highest BCUT2D eigenvalue weighted by Gasteiger charge is 2.48. The van der Waals surface area contributed by atoms with Crippen LogP contribution in [-0.2, 0) is 11.8 Å². The lowest BCUT2D eigenvalue weighted by Gasteiger charge is -2.23. The minimum Gasteiger partial charge on any atom is -0.340 e. The molecular weight excluding hydrogens is 292 g/mol. The zero-order valence-corrected chi connectivity index (χ0v) is 13.4. The lowest BCUT2D eigenvalue weighted by molar-refractivity contribution is -0.117. The maximum absolute atomic E-state index is 12.5. The van der Waals surface area contributed by atoms with Gasteiger partial charge in [-0.05, 0) is 18.9 Å². The monoisotopic (exact) mass is 312 g/mol. The quantitative estimate of drug-likeness (QED) is 0.832. The van der Waals surface area contributed by atoms with E-state index in [1.165, 1.54) is 0 Å². The number of anilines is 2. The molecule has 2 aromatic rings. The molecule has 2 saturated heterocycles. The van der Waals surface area contributed by atoms with Crippen molar-refractivity contribution >= 4 is 17.5 Å². The van der Waals surface area contributed by atoms with Crippen molar-refractivity contribution in [3.8, 4) is 0 Å². The second-order valence-corrected chi connectivity index (χ2v) is 6.76. The highest BCUT2D eigenvalue weighted by Crippen LogP contribution is 2.42. The molecule has 23 heavy (non-hydrogen) atoms. The largest absolute Gasteiger partial charge is 0.340 e. The normalized spacial score (nSPS) is 24.2. The molecule has 120 valence electrons. The van der Waals surface area contributed by atoms with Crippen molar-refractivity contribution in [1.29, 1.82) is 0 Å². The van der Waals surface area contributed by atoms with Crippen LogP contribution in [0.1, 0.15) is 18.4 Å². The van der Waals surface area contributed by atoms with E-state index < -0.39 is 0 Å². The third-order valence-corrected chi connectivity index (χ3v) is 4.81. The van der Waals surface area contributed by atoms with Crippen LogP contribution in [0.4, 0.5) is 11.6 Å². The van der Waals surface area contributed by atoms with Gasteiger partial charge in [0.1, 0.15) is 0 Å². The molecule has 0 N–H and O–H groups in total. The predicted molar refractivity (Wildman–Crippen MR) is 86.2 cm³/mol. The van der Waals surface area contributed by atoms with E-state index in [0.717, 1.165) is 43.3 Å². The smallest absolute Gasteiger partial charge is 0.227 e. The van der Waals surface area contributed by atoms with E-state index in [1.807, 2.05) is 37.5 Å². The Bertz CT molecular complexity index is 739. The highest BCUT2D eigenvalue weighted by molar-refractivity contribution is 5.96. The van der Waals surface area contributed by atoms with Crippen LogP contribution in [0.15, 0.2) is 24.8 Å². The second-order valence-electron chi connectivity index (χ2n) is 6.76. The summed E-state index contributed by atoms with van der Waals surface area (Å²) in [4.78, 5) is 25.4. The molecule has 0 radical (unpaired) electrons. The van der Waals surface area contributed by atoms with Crippen LogP contribution < -0.4 is 9.80 Å². The number of carbonyl (C=O) groups is 1. The summed E-state index contributed by atoms with van der Waals surface area (Å²) < 4.78 is 1.73. The molecule has 7 heteroatoms. The molecule has 4 rings (SSSR count). The topological polar surface area (TPSA) is 67.2 Å². The zero-order chi connectivity index (χ0) is 16.0. The molecule has 4 heterocycles. The van der Waals surface area contributed by atoms with Crippen LogP contribution in [-0.4, -0.2) is 45.3 Å². The summed E-state index contributed by atoms with van der Waals surface area (Å²) in [7, 11) is 1.87. The fourth-order valence-corrected chi connectivity index (χ4v) is 3.61. The first-order valence-electron chi connectivity index (χ1n) is 7.87. The highest BCUT2D eigenvalue weighted by atomic mass is 16.2. The number of carbonyl (C=O) groups excluding carboxylic acids is 1. The lowest BCUT2D eigenvalue weighted by Crippen LogP contribution is -2.31. The van der Waals surface area contributed by atoms with Crippen molar-refractivity contribution < 1.29 is 4.79 Å². The van der Waals surface area contributed by atoms with Gasteiger partial charge < -0.3 is 9.80 Å². The van der Waals surface area contributed by atoms with Gasteiger partial charge in [0.15, 0.2) is 0 Å². The minimum absolute atomic E-state index is 0.00116. The Morgan fingerprint density at radius 3 is 2.65 bits per heavy atom. The molecule has 0 aromatic carbocycles.